The summed E-state index contributed by atoms with van der Waals surface area (Å²) in [7, 11) is 1.61. The summed E-state index contributed by atoms with van der Waals surface area (Å²) in [4.78, 5) is 19.9. The van der Waals surface area contributed by atoms with Crippen molar-refractivity contribution < 1.29 is 9.53 Å². The number of amides is 1. The minimum Gasteiger partial charge on any atom is -0.496 e. The molecule has 0 bridgehead atoms. The SMILES string of the molecule is COc1cc(C(=O)NC(Cc2ccccc2)Cc2cnc[nH]2)ccc1C. The van der Waals surface area contributed by atoms with Gasteiger partial charge < -0.3 is 15.0 Å². The fourth-order valence-corrected chi connectivity index (χ4v) is 2.96. The molecular weight excluding hydrogens is 326 g/mol. The van der Waals surface area contributed by atoms with Gasteiger partial charge in [0.1, 0.15) is 5.75 Å². The fraction of sp³-hybridized carbons (Fsp3) is 0.238. The number of aromatic amines is 1. The van der Waals surface area contributed by atoms with Gasteiger partial charge in [0, 0.05) is 29.9 Å². The van der Waals surface area contributed by atoms with E-state index in [1.54, 1.807) is 25.7 Å². The van der Waals surface area contributed by atoms with Crippen LogP contribution in [-0.4, -0.2) is 29.0 Å². The van der Waals surface area contributed by atoms with Crippen molar-refractivity contribution in [1.82, 2.24) is 15.3 Å². The number of carbonyl (C=O) groups is 1. The van der Waals surface area contributed by atoms with Gasteiger partial charge in [-0.25, -0.2) is 4.98 Å². The second kappa shape index (κ2) is 8.34. The summed E-state index contributed by atoms with van der Waals surface area (Å²) >= 11 is 0. The van der Waals surface area contributed by atoms with E-state index in [0.717, 1.165) is 17.7 Å². The highest BCUT2D eigenvalue weighted by atomic mass is 16.5. The van der Waals surface area contributed by atoms with Gasteiger partial charge in [0.2, 0.25) is 0 Å². The highest BCUT2D eigenvalue weighted by Crippen LogP contribution is 2.19. The fourth-order valence-electron chi connectivity index (χ4n) is 2.96. The van der Waals surface area contributed by atoms with Crippen LogP contribution in [0.2, 0.25) is 0 Å². The molecule has 0 fully saturated rings. The van der Waals surface area contributed by atoms with Crippen molar-refractivity contribution in [2.75, 3.05) is 7.11 Å². The van der Waals surface area contributed by atoms with Crippen LogP contribution in [0.3, 0.4) is 0 Å². The van der Waals surface area contributed by atoms with E-state index in [-0.39, 0.29) is 11.9 Å². The first kappa shape index (κ1) is 17.7. The Kier molecular flexibility index (Phi) is 5.69. The van der Waals surface area contributed by atoms with E-state index < -0.39 is 0 Å². The van der Waals surface area contributed by atoms with Crippen LogP contribution >= 0.6 is 0 Å². The molecule has 0 radical (unpaired) electrons. The quantitative estimate of drug-likeness (QED) is 0.688. The van der Waals surface area contributed by atoms with Gasteiger partial charge in [-0.2, -0.15) is 0 Å². The third kappa shape index (κ3) is 4.51. The molecule has 1 atom stereocenters. The molecule has 3 aromatic rings. The van der Waals surface area contributed by atoms with Gasteiger partial charge in [0.15, 0.2) is 0 Å². The molecule has 0 saturated heterocycles. The van der Waals surface area contributed by atoms with E-state index in [9.17, 15) is 4.79 Å². The minimum atomic E-state index is -0.108. The van der Waals surface area contributed by atoms with E-state index in [2.05, 4.69) is 27.4 Å². The zero-order valence-electron chi connectivity index (χ0n) is 15.0. The normalized spacial score (nSPS) is 11.8. The van der Waals surface area contributed by atoms with E-state index >= 15 is 0 Å². The van der Waals surface area contributed by atoms with Gasteiger partial charge >= 0.3 is 0 Å². The van der Waals surface area contributed by atoms with Gasteiger partial charge in [0.05, 0.1) is 13.4 Å². The van der Waals surface area contributed by atoms with Crippen molar-refractivity contribution in [2.24, 2.45) is 0 Å². The highest BCUT2D eigenvalue weighted by Gasteiger charge is 2.17. The Hall–Kier alpha value is -3.08. The van der Waals surface area contributed by atoms with Crippen molar-refractivity contribution in [1.29, 1.82) is 0 Å². The summed E-state index contributed by atoms with van der Waals surface area (Å²) in [5.74, 6) is 0.606. The summed E-state index contributed by atoms with van der Waals surface area (Å²) < 4.78 is 5.33. The van der Waals surface area contributed by atoms with E-state index in [0.29, 0.717) is 17.7 Å². The Morgan fingerprint density at radius 3 is 2.69 bits per heavy atom. The maximum absolute atomic E-state index is 12.8. The predicted molar refractivity (Wildman–Crippen MR) is 101 cm³/mol. The minimum absolute atomic E-state index is 0.0438. The molecule has 26 heavy (non-hydrogen) atoms. The number of methoxy groups -OCH3 is 1. The Balaban J connectivity index is 1.76. The Labute approximate surface area is 153 Å². The summed E-state index contributed by atoms with van der Waals surface area (Å²) in [5, 5.41) is 3.15. The molecule has 5 heteroatoms. The lowest BCUT2D eigenvalue weighted by Crippen LogP contribution is -2.38. The summed E-state index contributed by atoms with van der Waals surface area (Å²) in [5.41, 5.74) is 3.77. The number of imidazole rings is 1. The zero-order valence-corrected chi connectivity index (χ0v) is 15.0. The first-order valence-corrected chi connectivity index (χ1v) is 8.62. The van der Waals surface area contributed by atoms with Crippen LogP contribution in [-0.2, 0) is 12.8 Å². The van der Waals surface area contributed by atoms with E-state index in [4.69, 9.17) is 4.74 Å². The third-order valence-corrected chi connectivity index (χ3v) is 4.35. The molecule has 1 aromatic heterocycles. The van der Waals surface area contributed by atoms with Crippen LogP contribution in [0.15, 0.2) is 61.1 Å². The molecule has 1 amide bonds. The molecule has 5 nitrogen and oxygen atoms in total. The van der Waals surface area contributed by atoms with Crippen molar-refractivity contribution in [3.63, 3.8) is 0 Å². The largest absolute Gasteiger partial charge is 0.496 e. The first-order chi connectivity index (χ1) is 12.7. The van der Waals surface area contributed by atoms with E-state index in [1.807, 2.05) is 37.3 Å². The molecule has 1 heterocycles. The molecule has 3 rings (SSSR count). The molecule has 0 saturated carbocycles. The lowest BCUT2D eigenvalue weighted by atomic mass is 10.0. The average Bonchev–Trinajstić information content (AvgIpc) is 3.16. The summed E-state index contributed by atoms with van der Waals surface area (Å²) in [6, 6.07) is 15.6. The summed E-state index contributed by atoms with van der Waals surface area (Å²) in [6.07, 6.45) is 4.87. The Morgan fingerprint density at radius 2 is 2.00 bits per heavy atom. The maximum Gasteiger partial charge on any atom is 0.251 e. The standard InChI is InChI=1S/C21H23N3O2/c1-15-8-9-17(11-20(15)26-2)21(25)24-18(12-19-13-22-14-23-19)10-16-6-4-3-5-7-16/h3-9,11,13-14,18H,10,12H2,1-2H3,(H,22,23)(H,24,25). The third-order valence-electron chi connectivity index (χ3n) is 4.35. The zero-order chi connectivity index (χ0) is 18.4. The Morgan fingerprint density at radius 1 is 1.19 bits per heavy atom. The number of rotatable bonds is 7. The lowest BCUT2D eigenvalue weighted by molar-refractivity contribution is 0.0936. The molecule has 1 unspecified atom stereocenters. The Bertz CT molecular complexity index is 845. The van der Waals surface area contributed by atoms with E-state index in [1.165, 1.54) is 5.56 Å². The van der Waals surface area contributed by atoms with Crippen molar-refractivity contribution >= 4 is 5.91 Å². The monoisotopic (exact) mass is 349 g/mol. The second-order valence-corrected chi connectivity index (χ2v) is 6.33. The molecule has 134 valence electrons. The number of aromatic nitrogens is 2. The maximum atomic E-state index is 12.8. The van der Waals surface area contributed by atoms with Crippen molar-refractivity contribution in [3.8, 4) is 5.75 Å². The van der Waals surface area contributed by atoms with Crippen LogP contribution in [0.25, 0.3) is 0 Å². The number of benzene rings is 2. The molecule has 2 aromatic carbocycles. The van der Waals surface area contributed by atoms with Crippen LogP contribution < -0.4 is 10.1 Å². The first-order valence-electron chi connectivity index (χ1n) is 8.62. The number of hydrogen-bond donors (Lipinski definition) is 2. The number of hydrogen-bond acceptors (Lipinski definition) is 3. The average molecular weight is 349 g/mol. The molecule has 0 aliphatic heterocycles. The van der Waals surface area contributed by atoms with Crippen LogP contribution in [0, 0.1) is 6.92 Å². The topological polar surface area (TPSA) is 67.0 Å². The van der Waals surface area contributed by atoms with Crippen LogP contribution in [0.5, 0.6) is 5.75 Å². The van der Waals surface area contributed by atoms with Crippen LogP contribution in [0.1, 0.15) is 27.2 Å². The second-order valence-electron chi connectivity index (χ2n) is 6.33. The van der Waals surface area contributed by atoms with Gasteiger partial charge in [-0.3, -0.25) is 4.79 Å². The van der Waals surface area contributed by atoms with Gasteiger partial charge in [-0.1, -0.05) is 36.4 Å². The molecular formula is C21H23N3O2. The number of nitrogens with zero attached hydrogens (tertiary/aromatic N) is 1. The molecule has 0 aliphatic carbocycles. The molecule has 2 N–H and O–H groups in total. The lowest BCUT2D eigenvalue weighted by Gasteiger charge is -2.19. The summed E-state index contributed by atoms with van der Waals surface area (Å²) in [6.45, 7) is 1.96. The van der Waals surface area contributed by atoms with Crippen LogP contribution in [0.4, 0.5) is 0 Å². The number of H-pyrrole nitrogens is 1. The molecule has 0 aliphatic rings. The number of aryl methyl sites for hydroxylation is 1. The highest BCUT2D eigenvalue weighted by molar-refractivity contribution is 5.95. The molecule has 0 spiro atoms. The van der Waals surface area contributed by atoms with Crippen molar-refractivity contribution in [3.05, 3.63) is 83.4 Å². The van der Waals surface area contributed by atoms with Gasteiger partial charge in [0.25, 0.3) is 5.91 Å². The number of nitrogens with one attached hydrogen (secondary N) is 2. The number of ether oxygens (including phenoxy) is 1. The van der Waals surface area contributed by atoms with Gasteiger partial charge in [-0.05, 0) is 36.6 Å². The number of carbonyl (C=O) groups excluding carboxylic acids is 1. The van der Waals surface area contributed by atoms with Crippen molar-refractivity contribution in [2.45, 2.75) is 25.8 Å². The smallest absolute Gasteiger partial charge is 0.251 e. The van der Waals surface area contributed by atoms with Gasteiger partial charge in [-0.15, -0.1) is 0 Å². The predicted octanol–water partition coefficient (Wildman–Crippen LogP) is 3.31.